The Balaban J connectivity index is 2.60. The number of hydrogen-bond acceptors (Lipinski definition) is 8. The molecule has 9 nitrogen and oxygen atoms in total. The van der Waals surface area contributed by atoms with E-state index >= 15 is 0 Å². The summed E-state index contributed by atoms with van der Waals surface area (Å²) in [6.07, 6.45) is 4.49. The van der Waals surface area contributed by atoms with Crippen LogP contribution in [0.15, 0.2) is 24.3 Å². The van der Waals surface area contributed by atoms with Crippen LogP contribution in [-0.4, -0.2) is 57.5 Å². The first kappa shape index (κ1) is 22.3. The minimum atomic E-state index is -2.74. The van der Waals surface area contributed by atoms with Gasteiger partial charge in [0.05, 0.1) is 13.2 Å². The van der Waals surface area contributed by atoms with Gasteiger partial charge in [-0.1, -0.05) is 18.1 Å². The van der Waals surface area contributed by atoms with Crippen molar-refractivity contribution in [2.24, 2.45) is 0 Å². The minimum Gasteiger partial charge on any atom is -0.464 e. The van der Waals surface area contributed by atoms with Crippen LogP contribution in [0.25, 0.3) is 0 Å². The predicted octanol–water partition coefficient (Wildman–Crippen LogP) is 0.779. The van der Waals surface area contributed by atoms with Crippen molar-refractivity contribution in [2.45, 2.75) is 49.9 Å². The number of hydrogen-bond donors (Lipinski definition) is 2. The first-order valence-electron chi connectivity index (χ1n) is 9.13. The van der Waals surface area contributed by atoms with E-state index in [4.69, 9.17) is 15.9 Å². The topological polar surface area (TPSA) is 136 Å². The standard InChI is InChI=1S/C20H23NO8/c1-4-13-7-9-14(10-8-13)15-11-19(24,17(22)28-5-2)16(21(26)27)20(25,12-15)18(23)29-6-3/h1,7-10,15-16,24-25H,5-6,11-12H2,2-3H3/t15?,16?,19-,20+. The van der Waals surface area contributed by atoms with Gasteiger partial charge in [0.1, 0.15) is 0 Å². The summed E-state index contributed by atoms with van der Waals surface area (Å²) in [5.74, 6) is -0.897. The van der Waals surface area contributed by atoms with E-state index in [1.165, 1.54) is 13.8 Å². The molecule has 2 rings (SSSR count). The third kappa shape index (κ3) is 4.09. The lowest BCUT2D eigenvalue weighted by Crippen LogP contribution is -2.70. The highest BCUT2D eigenvalue weighted by atomic mass is 16.6. The minimum absolute atomic E-state index is 0.148. The molecule has 0 bridgehead atoms. The van der Waals surface area contributed by atoms with Crippen molar-refractivity contribution in [2.75, 3.05) is 13.2 Å². The average Bonchev–Trinajstić information content (AvgIpc) is 2.67. The molecule has 1 aliphatic rings. The first-order valence-corrected chi connectivity index (χ1v) is 9.13. The summed E-state index contributed by atoms with van der Waals surface area (Å²) >= 11 is 0. The van der Waals surface area contributed by atoms with E-state index in [1.54, 1.807) is 24.3 Å². The van der Waals surface area contributed by atoms with Gasteiger partial charge in [0.25, 0.3) is 6.04 Å². The summed E-state index contributed by atoms with van der Waals surface area (Å²) in [7, 11) is 0. The molecule has 1 aromatic carbocycles. The third-order valence-corrected chi connectivity index (χ3v) is 5.04. The van der Waals surface area contributed by atoms with Crippen LogP contribution in [0.4, 0.5) is 0 Å². The van der Waals surface area contributed by atoms with Gasteiger partial charge >= 0.3 is 11.9 Å². The number of rotatable bonds is 6. The van der Waals surface area contributed by atoms with Gasteiger partial charge in [-0.3, -0.25) is 10.1 Å². The Labute approximate surface area is 167 Å². The predicted molar refractivity (Wildman–Crippen MR) is 100 cm³/mol. The van der Waals surface area contributed by atoms with Crippen molar-refractivity contribution >= 4 is 11.9 Å². The van der Waals surface area contributed by atoms with Gasteiger partial charge in [0, 0.05) is 23.3 Å². The first-order chi connectivity index (χ1) is 13.6. The Hall–Kier alpha value is -2.96. The second-order valence-corrected chi connectivity index (χ2v) is 6.85. The molecule has 2 unspecified atom stereocenters. The maximum absolute atomic E-state index is 12.5. The number of nitro groups is 1. The summed E-state index contributed by atoms with van der Waals surface area (Å²) < 4.78 is 9.67. The molecule has 1 fully saturated rings. The number of nitrogens with zero attached hydrogens (tertiary/aromatic N) is 1. The lowest BCUT2D eigenvalue weighted by Gasteiger charge is -2.44. The Bertz CT molecular complexity index is 796. The summed E-state index contributed by atoms with van der Waals surface area (Å²) in [4.78, 5) is 35.8. The van der Waals surface area contributed by atoms with E-state index in [-0.39, 0.29) is 13.2 Å². The van der Waals surface area contributed by atoms with Gasteiger partial charge in [-0.2, -0.15) is 0 Å². The number of carbonyl (C=O) groups is 2. The Morgan fingerprint density at radius 1 is 1.14 bits per heavy atom. The Kier molecular flexibility index (Phi) is 6.62. The fraction of sp³-hybridized carbons (Fsp3) is 0.500. The lowest BCUT2D eigenvalue weighted by atomic mass is 9.64. The van der Waals surface area contributed by atoms with Gasteiger partial charge < -0.3 is 19.7 Å². The van der Waals surface area contributed by atoms with E-state index < -0.39 is 52.9 Å². The zero-order chi connectivity index (χ0) is 21.8. The fourth-order valence-corrected chi connectivity index (χ4v) is 3.78. The van der Waals surface area contributed by atoms with Crippen LogP contribution in [0.2, 0.25) is 0 Å². The highest BCUT2D eigenvalue weighted by Gasteiger charge is 2.71. The molecule has 0 aromatic heterocycles. The molecule has 0 heterocycles. The molecule has 29 heavy (non-hydrogen) atoms. The molecule has 0 saturated heterocycles. The third-order valence-electron chi connectivity index (χ3n) is 5.04. The second kappa shape index (κ2) is 8.59. The van der Waals surface area contributed by atoms with E-state index in [0.29, 0.717) is 11.1 Å². The van der Waals surface area contributed by atoms with E-state index in [1.807, 2.05) is 0 Å². The lowest BCUT2D eigenvalue weighted by molar-refractivity contribution is -0.566. The fourth-order valence-electron chi connectivity index (χ4n) is 3.78. The summed E-state index contributed by atoms with van der Waals surface area (Å²) in [6, 6.07) is 4.10. The van der Waals surface area contributed by atoms with Crippen LogP contribution in [0.3, 0.4) is 0 Å². The number of benzene rings is 1. The zero-order valence-corrected chi connectivity index (χ0v) is 16.2. The van der Waals surface area contributed by atoms with Crippen molar-refractivity contribution in [1.29, 1.82) is 0 Å². The second-order valence-electron chi connectivity index (χ2n) is 6.85. The van der Waals surface area contributed by atoms with Crippen LogP contribution >= 0.6 is 0 Å². The van der Waals surface area contributed by atoms with Crippen molar-refractivity contribution in [3.8, 4) is 12.3 Å². The van der Waals surface area contributed by atoms with Crippen molar-refractivity contribution in [1.82, 2.24) is 0 Å². The number of terminal acetylenes is 1. The van der Waals surface area contributed by atoms with Gasteiger partial charge in [-0.15, -0.1) is 6.42 Å². The molecular formula is C20H23NO8. The highest BCUT2D eigenvalue weighted by molar-refractivity contribution is 5.86. The molecule has 9 heteroatoms. The molecule has 4 atom stereocenters. The van der Waals surface area contributed by atoms with Crippen molar-refractivity contribution in [3.63, 3.8) is 0 Å². The molecule has 1 aliphatic carbocycles. The SMILES string of the molecule is C#Cc1ccc(C2C[C@@](O)(C(=O)OCC)C([N+](=O)[O-])[C@@](O)(C(=O)OCC)C2)cc1. The maximum Gasteiger partial charge on any atom is 0.345 e. The number of esters is 2. The molecule has 0 radical (unpaired) electrons. The normalized spacial score (nSPS) is 28.8. The van der Waals surface area contributed by atoms with Crippen molar-refractivity contribution < 1.29 is 34.2 Å². The van der Waals surface area contributed by atoms with Gasteiger partial charge in [-0.25, -0.2) is 9.59 Å². The van der Waals surface area contributed by atoms with Crippen LogP contribution in [0.5, 0.6) is 0 Å². The van der Waals surface area contributed by atoms with E-state index in [0.717, 1.165) is 0 Å². The monoisotopic (exact) mass is 405 g/mol. The molecular weight excluding hydrogens is 382 g/mol. The van der Waals surface area contributed by atoms with Crippen LogP contribution < -0.4 is 0 Å². The average molecular weight is 405 g/mol. The molecule has 0 amide bonds. The Morgan fingerprint density at radius 3 is 1.93 bits per heavy atom. The summed E-state index contributed by atoms with van der Waals surface area (Å²) in [6.45, 7) is 2.65. The molecule has 1 aromatic rings. The quantitative estimate of drug-likeness (QED) is 0.307. The largest absolute Gasteiger partial charge is 0.464 e. The van der Waals surface area contributed by atoms with Gasteiger partial charge in [-0.05, 0) is 37.5 Å². The van der Waals surface area contributed by atoms with Crippen molar-refractivity contribution in [3.05, 3.63) is 45.5 Å². The van der Waals surface area contributed by atoms with Crippen LogP contribution in [-0.2, 0) is 19.1 Å². The molecule has 156 valence electrons. The molecule has 2 N–H and O–H groups in total. The Morgan fingerprint density at radius 2 is 1.59 bits per heavy atom. The highest BCUT2D eigenvalue weighted by Crippen LogP contribution is 2.46. The number of aliphatic hydroxyl groups is 2. The zero-order valence-electron chi connectivity index (χ0n) is 16.2. The smallest absolute Gasteiger partial charge is 0.345 e. The summed E-state index contributed by atoms with van der Waals surface area (Å²) in [5.41, 5.74) is -4.37. The molecule has 0 aliphatic heterocycles. The maximum atomic E-state index is 12.5. The van der Waals surface area contributed by atoms with Gasteiger partial charge in [0.15, 0.2) is 0 Å². The number of ether oxygens (including phenoxy) is 2. The molecule has 1 saturated carbocycles. The van der Waals surface area contributed by atoms with Crippen LogP contribution in [0.1, 0.15) is 43.7 Å². The number of carbonyl (C=O) groups excluding carboxylic acids is 2. The van der Waals surface area contributed by atoms with E-state index in [9.17, 15) is 29.9 Å². The van der Waals surface area contributed by atoms with E-state index in [2.05, 4.69) is 5.92 Å². The van der Waals surface area contributed by atoms with Gasteiger partial charge in [0.2, 0.25) is 11.2 Å². The molecule has 0 spiro atoms. The summed E-state index contributed by atoms with van der Waals surface area (Å²) in [5, 5.41) is 33.9. The van der Waals surface area contributed by atoms with Crippen LogP contribution in [0, 0.1) is 22.5 Å².